The highest BCUT2D eigenvalue weighted by Gasteiger charge is 2.36. The molecule has 0 spiro atoms. The number of methoxy groups -OCH3 is 1. The molecule has 1 amide bonds. The Morgan fingerprint density at radius 3 is 2.72 bits per heavy atom. The Bertz CT molecular complexity index is 1070. The Kier molecular flexibility index (Phi) is 6.90. The van der Waals surface area contributed by atoms with Gasteiger partial charge in [-0.2, -0.15) is 13.2 Å². The van der Waals surface area contributed by atoms with Crippen molar-refractivity contribution in [1.29, 1.82) is 0 Å². The Morgan fingerprint density at radius 2 is 2.09 bits per heavy atom. The number of halogens is 4. The molecule has 12 heteroatoms. The molecule has 8 nitrogen and oxygen atoms in total. The smallest absolute Gasteiger partial charge is 0.421 e. The summed E-state index contributed by atoms with van der Waals surface area (Å²) >= 11 is 6.16. The van der Waals surface area contributed by atoms with Gasteiger partial charge in [-0.15, -0.1) is 0 Å². The van der Waals surface area contributed by atoms with Crippen molar-refractivity contribution in [3.63, 3.8) is 0 Å². The lowest BCUT2D eigenvalue weighted by molar-refractivity contribution is -0.139. The molecule has 2 heterocycles. The number of hydrogen-bond acceptors (Lipinski definition) is 7. The Labute approximate surface area is 185 Å². The molecule has 0 bridgehead atoms. The summed E-state index contributed by atoms with van der Waals surface area (Å²) in [7, 11) is 1.17. The maximum Gasteiger partial charge on any atom is 0.421 e. The van der Waals surface area contributed by atoms with Gasteiger partial charge in [0.25, 0.3) is 5.91 Å². The van der Waals surface area contributed by atoms with Crippen LogP contribution in [0.2, 0.25) is 5.02 Å². The van der Waals surface area contributed by atoms with Gasteiger partial charge in [0, 0.05) is 18.4 Å². The zero-order valence-corrected chi connectivity index (χ0v) is 17.3. The minimum atomic E-state index is -4.67. The Balaban J connectivity index is 1.86. The van der Waals surface area contributed by atoms with Crippen molar-refractivity contribution in [2.45, 2.75) is 6.18 Å². The van der Waals surface area contributed by atoms with Crippen molar-refractivity contribution < 1.29 is 37.3 Å². The van der Waals surface area contributed by atoms with Crippen LogP contribution in [0.1, 0.15) is 5.56 Å². The molecule has 0 saturated carbocycles. The summed E-state index contributed by atoms with van der Waals surface area (Å²) in [5.41, 5.74) is -0.786. The molecule has 0 unspecified atom stereocenters. The summed E-state index contributed by atoms with van der Waals surface area (Å²) in [6.45, 7) is -0.328. The zero-order chi connectivity index (χ0) is 23.5. The lowest BCUT2D eigenvalue weighted by Crippen LogP contribution is -2.31. The number of nitrogens with one attached hydrogen (secondary N) is 1. The second-order valence-electron chi connectivity index (χ2n) is 6.52. The Morgan fingerprint density at radius 1 is 1.34 bits per heavy atom. The van der Waals surface area contributed by atoms with E-state index in [-0.39, 0.29) is 47.4 Å². The molecule has 0 saturated heterocycles. The highest BCUT2D eigenvalue weighted by atomic mass is 35.5. The van der Waals surface area contributed by atoms with Crippen LogP contribution >= 0.6 is 11.6 Å². The van der Waals surface area contributed by atoms with Crippen molar-refractivity contribution >= 4 is 29.2 Å². The van der Waals surface area contributed by atoms with E-state index in [9.17, 15) is 22.8 Å². The van der Waals surface area contributed by atoms with E-state index in [1.807, 2.05) is 0 Å². The first-order chi connectivity index (χ1) is 15.2. The molecule has 1 aromatic carbocycles. The van der Waals surface area contributed by atoms with Crippen LogP contribution < -0.4 is 10.1 Å². The van der Waals surface area contributed by atoms with Crippen molar-refractivity contribution in [3.8, 4) is 11.6 Å². The molecule has 1 aliphatic heterocycles. The highest BCUT2D eigenvalue weighted by molar-refractivity contribution is 6.32. The largest absolute Gasteiger partial charge is 0.466 e. The van der Waals surface area contributed by atoms with Gasteiger partial charge in [0.15, 0.2) is 0 Å². The van der Waals surface area contributed by atoms with Gasteiger partial charge in [0.05, 0.1) is 30.9 Å². The monoisotopic (exact) mass is 471 g/mol. The molecular formula is C20H17ClF3N3O5. The lowest BCUT2D eigenvalue weighted by Gasteiger charge is -2.15. The predicted molar refractivity (Wildman–Crippen MR) is 107 cm³/mol. The number of pyridine rings is 1. The third kappa shape index (κ3) is 4.94. The van der Waals surface area contributed by atoms with Crippen LogP contribution in [0.25, 0.3) is 0 Å². The van der Waals surface area contributed by atoms with Crippen molar-refractivity contribution in [1.82, 2.24) is 9.88 Å². The molecule has 0 radical (unpaired) electrons. The molecule has 1 aromatic heterocycles. The van der Waals surface area contributed by atoms with Crippen molar-refractivity contribution in [3.05, 3.63) is 58.4 Å². The number of hydrogen-bond donors (Lipinski definition) is 2. The SMILES string of the molecule is COC(=O)C1=C(Nc2ccc(Oc3ncccc3C(F)(F)F)c(Cl)c2)C(=O)N(CCO)C1. The minimum absolute atomic E-state index is 0.0175. The van der Waals surface area contributed by atoms with Crippen LogP contribution in [-0.2, 0) is 20.5 Å². The number of β-amino-alcohol motifs (C(OH)–C–C–N with tert-alkyl or cyclic N) is 1. The molecule has 1 aliphatic rings. The second kappa shape index (κ2) is 9.45. The average Bonchev–Trinajstić information content (AvgIpc) is 3.05. The summed E-state index contributed by atoms with van der Waals surface area (Å²) in [6, 6.07) is 5.98. The molecule has 0 fully saturated rings. The van der Waals surface area contributed by atoms with Gasteiger partial charge in [-0.3, -0.25) is 4.79 Å². The summed E-state index contributed by atoms with van der Waals surface area (Å²) in [5, 5.41) is 11.8. The first kappa shape index (κ1) is 23.4. The maximum atomic E-state index is 13.1. The number of benzene rings is 1. The van der Waals surface area contributed by atoms with E-state index in [4.69, 9.17) is 26.2 Å². The van der Waals surface area contributed by atoms with Gasteiger partial charge >= 0.3 is 12.1 Å². The number of carbonyl (C=O) groups excluding carboxylic acids is 2. The van der Waals surface area contributed by atoms with E-state index >= 15 is 0 Å². The van der Waals surface area contributed by atoms with Gasteiger partial charge in [-0.05, 0) is 30.3 Å². The summed E-state index contributed by atoms with van der Waals surface area (Å²) in [6.07, 6.45) is -3.52. The fourth-order valence-electron chi connectivity index (χ4n) is 2.95. The van der Waals surface area contributed by atoms with E-state index in [1.165, 1.54) is 30.2 Å². The normalized spacial score (nSPS) is 14.1. The van der Waals surface area contributed by atoms with E-state index in [1.54, 1.807) is 0 Å². The number of anilines is 1. The summed E-state index contributed by atoms with van der Waals surface area (Å²) in [5.74, 6) is -2.01. The van der Waals surface area contributed by atoms with E-state index < -0.39 is 29.5 Å². The number of ether oxygens (including phenoxy) is 2. The number of aromatic nitrogens is 1. The third-order valence-electron chi connectivity index (χ3n) is 4.44. The molecule has 170 valence electrons. The number of nitrogens with zero attached hydrogens (tertiary/aromatic N) is 2. The first-order valence-corrected chi connectivity index (χ1v) is 9.51. The quantitative estimate of drug-likeness (QED) is 0.598. The maximum absolute atomic E-state index is 13.1. The van der Waals surface area contributed by atoms with E-state index in [2.05, 4.69) is 10.3 Å². The number of amides is 1. The fraction of sp³-hybridized carbons (Fsp3) is 0.250. The van der Waals surface area contributed by atoms with Crippen molar-refractivity contribution in [2.75, 3.05) is 32.1 Å². The van der Waals surface area contributed by atoms with Crippen LogP contribution in [0.4, 0.5) is 18.9 Å². The van der Waals surface area contributed by atoms with Crippen molar-refractivity contribution in [2.24, 2.45) is 0 Å². The molecule has 32 heavy (non-hydrogen) atoms. The van der Waals surface area contributed by atoms with Crippen LogP contribution in [0.5, 0.6) is 11.6 Å². The first-order valence-electron chi connectivity index (χ1n) is 9.14. The predicted octanol–water partition coefficient (Wildman–Crippen LogP) is 3.22. The van der Waals surface area contributed by atoms with Crippen LogP contribution in [0, 0.1) is 0 Å². The van der Waals surface area contributed by atoms with E-state index in [0.29, 0.717) is 0 Å². The average molecular weight is 472 g/mol. The summed E-state index contributed by atoms with van der Waals surface area (Å²) < 4.78 is 49.4. The standard InChI is InChI=1S/C20H17ClF3N3O5/c1-31-19(30)12-10-27(7-8-28)18(29)16(12)26-11-4-5-15(14(21)9-11)32-17-13(20(22,23)24)3-2-6-25-17/h2-6,9,26,28H,7-8,10H2,1H3. The van der Waals surface area contributed by atoms with Gasteiger partial charge < -0.3 is 24.8 Å². The zero-order valence-electron chi connectivity index (χ0n) is 16.6. The summed E-state index contributed by atoms with van der Waals surface area (Å²) in [4.78, 5) is 29.5. The van der Waals surface area contributed by atoms with Crippen LogP contribution in [-0.4, -0.2) is 53.7 Å². The number of aliphatic hydroxyl groups excluding tert-OH is 1. The Hall–Kier alpha value is -3.31. The topological polar surface area (TPSA) is 101 Å². The van der Waals surface area contributed by atoms with Crippen LogP contribution in [0.15, 0.2) is 47.8 Å². The van der Waals surface area contributed by atoms with Gasteiger partial charge in [-0.25, -0.2) is 9.78 Å². The van der Waals surface area contributed by atoms with E-state index in [0.717, 1.165) is 18.3 Å². The molecular weight excluding hydrogens is 455 g/mol. The van der Waals surface area contributed by atoms with Crippen LogP contribution in [0.3, 0.4) is 0 Å². The van der Waals surface area contributed by atoms with Gasteiger partial charge in [-0.1, -0.05) is 11.6 Å². The molecule has 2 aromatic rings. The lowest BCUT2D eigenvalue weighted by atomic mass is 10.2. The number of alkyl halides is 3. The highest BCUT2D eigenvalue weighted by Crippen LogP contribution is 2.39. The van der Waals surface area contributed by atoms with Gasteiger partial charge in [0.1, 0.15) is 17.0 Å². The number of carbonyl (C=O) groups is 2. The number of aliphatic hydroxyl groups is 1. The molecule has 0 aliphatic carbocycles. The number of esters is 1. The third-order valence-corrected chi connectivity index (χ3v) is 4.73. The fourth-order valence-corrected chi connectivity index (χ4v) is 3.17. The number of rotatable bonds is 7. The minimum Gasteiger partial charge on any atom is -0.466 e. The second-order valence-corrected chi connectivity index (χ2v) is 6.93. The molecule has 2 N–H and O–H groups in total. The molecule has 3 rings (SSSR count). The molecule has 0 atom stereocenters. The van der Waals surface area contributed by atoms with Gasteiger partial charge in [0.2, 0.25) is 5.88 Å².